The molecule has 0 fully saturated rings. The number of hydrogen-bond donors (Lipinski definition) is 5. The molecule has 0 aliphatic carbocycles. The molecule has 0 saturated carbocycles. The molecule has 0 rings (SSSR count). The average molecular weight is 207 g/mol. The lowest BCUT2D eigenvalue weighted by atomic mass is 10.0. The van der Waals surface area contributed by atoms with Gasteiger partial charge in [-0.25, -0.2) is 0 Å². The van der Waals surface area contributed by atoms with Crippen LogP contribution in [-0.4, -0.2) is 50.6 Å². The number of rotatable bonds is 4. The van der Waals surface area contributed by atoms with E-state index in [2.05, 4.69) is 0 Å². The summed E-state index contributed by atoms with van der Waals surface area (Å²) in [4.78, 5) is 0. The third-order valence-corrected chi connectivity index (χ3v) is 1.61. The highest BCUT2D eigenvalue weighted by atomic mass is 16.4. The van der Waals surface area contributed by atoms with Crippen molar-refractivity contribution in [2.75, 3.05) is 0 Å². The second-order valence-corrected chi connectivity index (χ2v) is 2.85. The van der Waals surface area contributed by atoms with Crippen LogP contribution in [0.25, 0.3) is 0 Å². The summed E-state index contributed by atoms with van der Waals surface area (Å²) in [6, 6.07) is 0. The van der Waals surface area contributed by atoms with Gasteiger partial charge in [-0.1, -0.05) is 13.8 Å². The monoisotopic (exact) mass is 207 g/mol. The Hall–Kier alpha value is -0.490. The predicted molar refractivity (Wildman–Crippen MR) is 54.4 cm³/mol. The van der Waals surface area contributed by atoms with Crippen molar-refractivity contribution in [3.63, 3.8) is 0 Å². The molecule has 0 amide bonds. The average Bonchev–Trinajstić information content (AvgIpc) is 2.17. The maximum Gasteiger partial charge on any atom is 0.119 e. The maximum atomic E-state index is 9.13. The van der Waals surface area contributed by atoms with Crippen molar-refractivity contribution in [1.29, 1.82) is 5.41 Å². The van der Waals surface area contributed by atoms with Crippen molar-refractivity contribution in [2.24, 2.45) is 0 Å². The van der Waals surface area contributed by atoms with Gasteiger partial charge in [-0.15, -0.1) is 0 Å². The molecule has 5 nitrogen and oxygen atoms in total. The molecule has 0 radical (unpaired) electrons. The van der Waals surface area contributed by atoms with Gasteiger partial charge in [0.2, 0.25) is 0 Å². The fraction of sp³-hybridized carbons (Fsp3) is 0.889. The molecule has 86 valence electrons. The summed E-state index contributed by atoms with van der Waals surface area (Å²) in [6.07, 6.45) is -5.49. The van der Waals surface area contributed by atoms with Gasteiger partial charge in [0.15, 0.2) is 0 Å². The van der Waals surface area contributed by atoms with Crippen LogP contribution in [0, 0.1) is 5.41 Å². The molecule has 5 N–H and O–H groups in total. The zero-order valence-corrected chi connectivity index (χ0v) is 9.10. The lowest BCUT2D eigenvalue weighted by Crippen LogP contribution is -2.45. The smallest absolute Gasteiger partial charge is 0.119 e. The van der Waals surface area contributed by atoms with E-state index in [0.717, 1.165) is 0 Å². The standard InChI is InChI=1S/C7H15NO4.C2H6/c1-3(8)5(10)7(12)6(11)4(2)9;1-2/h4-12H,1-2H3;1-2H3. The van der Waals surface area contributed by atoms with Crippen LogP contribution in [0.15, 0.2) is 0 Å². The van der Waals surface area contributed by atoms with Crippen molar-refractivity contribution in [2.45, 2.75) is 52.1 Å². The summed E-state index contributed by atoms with van der Waals surface area (Å²) in [7, 11) is 0. The van der Waals surface area contributed by atoms with E-state index in [1.165, 1.54) is 13.8 Å². The Bertz CT molecular complexity index is 161. The highest BCUT2D eigenvalue weighted by molar-refractivity contribution is 5.83. The molecule has 0 bridgehead atoms. The van der Waals surface area contributed by atoms with E-state index >= 15 is 0 Å². The first-order chi connectivity index (χ1) is 6.37. The minimum absolute atomic E-state index is 0.151. The molecule has 0 aromatic carbocycles. The first-order valence-corrected chi connectivity index (χ1v) is 4.65. The van der Waals surface area contributed by atoms with Crippen molar-refractivity contribution < 1.29 is 20.4 Å². The molecule has 0 spiro atoms. The van der Waals surface area contributed by atoms with Gasteiger partial charge in [-0.3, -0.25) is 0 Å². The summed E-state index contributed by atoms with van der Waals surface area (Å²) in [6.45, 7) is 6.60. The molecule has 0 saturated heterocycles. The van der Waals surface area contributed by atoms with Crippen LogP contribution in [0.2, 0.25) is 0 Å². The number of aliphatic hydroxyl groups is 4. The van der Waals surface area contributed by atoms with Crippen LogP contribution >= 0.6 is 0 Å². The van der Waals surface area contributed by atoms with Crippen LogP contribution < -0.4 is 0 Å². The summed E-state index contributed by atoms with van der Waals surface area (Å²) in [5.41, 5.74) is -0.151. The van der Waals surface area contributed by atoms with E-state index < -0.39 is 24.4 Å². The first kappa shape index (κ1) is 16.0. The lowest BCUT2D eigenvalue weighted by molar-refractivity contribution is -0.0833. The fourth-order valence-electron chi connectivity index (χ4n) is 0.728. The van der Waals surface area contributed by atoms with Crippen LogP contribution in [0.5, 0.6) is 0 Å². The van der Waals surface area contributed by atoms with Crippen molar-refractivity contribution >= 4 is 5.71 Å². The van der Waals surface area contributed by atoms with Crippen LogP contribution in [-0.2, 0) is 0 Å². The molecule has 4 unspecified atom stereocenters. The number of aliphatic hydroxyl groups excluding tert-OH is 4. The SMILES string of the molecule is CC.CC(=N)C(O)C(O)C(O)C(C)O. The van der Waals surface area contributed by atoms with E-state index in [9.17, 15) is 0 Å². The molecular formula is C9H21NO4. The van der Waals surface area contributed by atoms with Gasteiger partial charge in [0.25, 0.3) is 0 Å². The largest absolute Gasteiger partial charge is 0.391 e. The van der Waals surface area contributed by atoms with E-state index in [4.69, 9.17) is 25.8 Å². The molecule has 0 heterocycles. The Morgan fingerprint density at radius 2 is 1.36 bits per heavy atom. The molecule has 0 aliphatic heterocycles. The molecule has 5 heteroatoms. The lowest BCUT2D eigenvalue weighted by Gasteiger charge is -2.23. The fourth-order valence-corrected chi connectivity index (χ4v) is 0.728. The van der Waals surface area contributed by atoms with Gasteiger partial charge in [0.05, 0.1) is 6.10 Å². The van der Waals surface area contributed by atoms with Crippen LogP contribution in [0.3, 0.4) is 0 Å². The number of nitrogens with one attached hydrogen (secondary N) is 1. The van der Waals surface area contributed by atoms with E-state index in [0.29, 0.717) is 0 Å². The van der Waals surface area contributed by atoms with Gasteiger partial charge in [-0.2, -0.15) is 0 Å². The van der Waals surface area contributed by atoms with Crippen LogP contribution in [0.4, 0.5) is 0 Å². The zero-order chi connectivity index (χ0) is 11.9. The summed E-state index contributed by atoms with van der Waals surface area (Å²) >= 11 is 0. The Kier molecular flexibility index (Phi) is 8.97. The van der Waals surface area contributed by atoms with E-state index in [-0.39, 0.29) is 5.71 Å². The van der Waals surface area contributed by atoms with Gasteiger partial charge in [0, 0.05) is 5.71 Å². The Labute approximate surface area is 84.5 Å². The second-order valence-electron chi connectivity index (χ2n) is 2.85. The van der Waals surface area contributed by atoms with Gasteiger partial charge in [-0.05, 0) is 13.8 Å². The first-order valence-electron chi connectivity index (χ1n) is 4.65. The van der Waals surface area contributed by atoms with E-state index in [1.54, 1.807) is 0 Å². The normalized spacial score (nSPS) is 18.6. The quantitative estimate of drug-likeness (QED) is 0.401. The summed E-state index contributed by atoms with van der Waals surface area (Å²) in [5, 5.41) is 43.0. The zero-order valence-electron chi connectivity index (χ0n) is 9.10. The van der Waals surface area contributed by atoms with Gasteiger partial charge >= 0.3 is 0 Å². The molecular weight excluding hydrogens is 186 g/mol. The summed E-state index contributed by atoms with van der Waals surface area (Å²) in [5.74, 6) is 0. The van der Waals surface area contributed by atoms with Gasteiger partial charge in [0.1, 0.15) is 18.3 Å². The highest BCUT2D eigenvalue weighted by Gasteiger charge is 2.28. The Morgan fingerprint density at radius 3 is 1.57 bits per heavy atom. The molecule has 0 aromatic rings. The topological polar surface area (TPSA) is 105 Å². The van der Waals surface area contributed by atoms with Gasteiger partial charge < -0.3 is 25.8 Å². The number of hydrogen-bond acceptors (Lipinski definition) is 5. The molecule has 4 atom stereocenters. The molecule has 14 heavy (non-hydrogen) atoms. The van der Waals surface area contributed by atoms with Crippen LogP contribution in [0.1, 0.15) is 27.7 Å². The third-order valence-electron chi connectivity index (χ3n) is 1.61. The Morgan fingerprint density at radius 1 is 1.00 bits per heavy atom. The minimum atomic E-state index is -1.51. The highest BCUT2D eigenvalue weighted by Crippen LogP contribution is 2.05. The predicted octanol–water partition coefficient (Wildman–Crippen LogP) is -0.484. The maximum absolute atomic E-state index is 9.13. The van der Waals surface area contributed by atoms with Crippen molar-refractivity contribution in [3.8, 4) is 0 Å². The minimum Gasteiger partial charge on any atom is -0.391 e. The van der Waals surface area contributed by atoms with Crippen molar-refractivity contribution in [3.05, 3.63) is 0 Å². The second kappa shape index (κ2) is 7.87. The van der Waals surface area contributed by atoms with Crippen molar-refractivity contribution in [1.82, 2.24) is 0 Å². The summed E-state index contributed by atoms with van der Waals surface area (Å²) < 4.78 is 0. The Balaban J connectivity index is 0. The third kappa shape index (κ3) is 5.29. The van der Waals surface area contributed by atoms with E-state index in [1.807, 2.05) is 13.8 Å². The molecule has 0 aliphatic rings. The molecule has 0 aromatic heterocycles.